The lowest BCUT2D eigenvalue weighted by molar-refractivity contribution is 0.0567. The van der Waals surface area contributed by atoms with E-state index in [-0.39, 0.29) is 5.92 Å². The molecule has 1 heterocycles. The van der Waals surface area contributed by atoms with Crippen LogP contribution in [0, 0.1) is 5.92 Å². The molecule has 1 atom stereocenters. The first-order valence-electron chi connectivity index (χ1n) is 8.41. The van der Waals surface area contributed by atoms with Gasteiger partial charge in [-0.3, -0.25) is 4.90 Å². The molecule has 126 valence electrons. The van der Waals surface area contributed by atoms with E-state index >= 15 is 0 Å². The molecule has 0 aliphatic carbocycles. The van der Waals surface area contributed by atoms with Gasteiger partial charge in [0, 0.05) is 6.54 Å². The molecule has 0 bridgehead atoms. The number of nitrogens with zero attached hydrogens (tertiary/aromatic N) is 1. The third-order valence-electron chi connectivity index (χ3n) is 4.80. The molecule has 0 radical (unpaired) electrons. The van der Waals surface area contributed by atoms with Gasteiger partial charge in [-0.25, -0.2) is 4.79 Å². The number of benzene rings is 2. The van der Waals surface area contributed by atoms with Crippen molar-refractivity contribution in [3.63, 3.8) is 0 Å². The average molecular weight is 325 g/mol. The van der Waals surface area contributed by atoms with Crippen LogP contribution in [0.5, 0.6) is 0 Å². The van der Waals surface area contributed by atoms with Crippen LogP contribution in [-0.2, 0) is 6.54 Å². The Morgan fingerprint density at radius 1 is 1.08 bits per heavy atom. The zero-order chi connectivity index (χ0) is 16.9. The van der Waals surface area contributed by atoms with Crippen LogP contribution in [0.15, 0.2) is 54.6 Å². The Hall–Kier alpha value is -2.17. The topological polar surface area (TPSA) is 60.8 Å². The van der Waals surface area contributed by atoms with E-state index in [4.69, 9.17) is 5.11 Å². The summed E-state index contributed by atoms with van der Waals surface area (Å²) in [6.45, 7) is 2.60. The molecule has 4 nitrogen and oxygen atoms in total. The maximum absolute atomic E-state index is 11.1. The van der Waals surface area contributed by atoms with Crippen LogP contribution in [0.2, 0.25) is 0 Å². The van der Waals surface area contributed by atoms with Crippen molar-refractivity contribution in [1.82, 2.24) is 4.90 Å². The smallest absolute Gasteiger partial charge is 0.335 e. The van der Waals surface area contributed by atoms with Gasteiger partial charge in [0.2, 0.25) is 0 Å². The molecule has 0 spiro atoms. The summed E-state index contributed by atoms with van der Waals surface area (Å²) in [4.78, 5) is 13.4. The summed E-state index contributed by atoms with van der Waals surface area (Å²) in [5.74, 6) is -0.601. The largest absolute Gasteiger partial charge is 0.478 e. The molecule has 1 unspecified atom stereocenters. The van der Waals surface area contributed by atoms with Crippen LogP contribution in [0.25, 0.3) is 0 Å². The van der Waals surface area contributed by atoms with Gasteiger partial charge in [0.1, 0.15) is 0 Å². The van der Waals surface area contributed by atoms with E-state index in [1.807, 2.05) is 36.4 Å². The molecular formula is C20H23NO3. The second-order valence-electron chi connectivity index (χ2n) is 6.47. The molecule has 1 fully saturated rings. The zero-order valence-corrected chi connectivity index (χ0v) is 13.6. The zero-order valence-electron chi connectivity index (χ0n) is 13.6. The third-order valence-corrected chi connectivity index (χ3v) is 4.80. The highest BCUT2D eigenvalue weighted by Crippen LogP contribution is 2.31. The van der Waals surface area contributed by atoms with Crippen LogP contribution in [0.4, 0.5) is 0 Å². The van der Waals surface area contributed by atoms with Gasteiger partial charge in [-0.15, -0.1) is 0 Å². The number of aliphatic hydroxyl groups excluding tert-OH is 1. The van der Waals surface area contributed by atoms with E-state index in [0.29, 0.717) is 5.56 Å². The van der Waals surface area contributed by atoms with Crippen LogP contribution in [0.3, 0.4) is 0 Å². The quantitative estimate of drug-likeness (QED) is 0.885. The van der Waals surface area contributed by atoms with Gasteiger partial charge in [-0.05, 0) is 55.1 Å². The molecule has 2 aromatic rings. The minimum atomic E-state index is -0.887. The van der Waals surface area contributed by atoms with Crippen LogP contribution < -0.4 is 0 Å². The molecule has 0 saturated carbocycles. The van der Waals surface area contributed by atoms with Crippen LogP contribution in [-0.4, -0.2) is 34.2 Å². The predicted octanol–water partition coefficient (Wildman–Crippen LogP) is 3.33. The second kappa shape index (κ2) is 7.60. The van der Waals surface area contributed by atoms with E-state index in [0.717, 1.165) is 43.6 Å². The van der Waals surface area contributed by atoms with Crippen molar-refractivity contribution in [2.75, 3.05) is 13.1 Å². The monoisotopic (exact) mass is 325 g/mol. The van der Waals surface area contributed by atoms with Gasteiger partial charge in [0.05, 0.1) is 11.7 Å². The Bertz CT molecular complexity index is 678. The lowest BCUT2D eigenvalue weighted by Crippen LogP contribution is -2.35. The summed E-state index contributed by atoms with van der Waals surface area (Å²) < 4.78 is 0. The average Bonchev–Trinajstić information content (AvgIpc) is 2.63. The highest BCUT2D eigenvalue weighted by Gasteiger charge is 2.26. The Labute approximate surface area is 142 Å². The molecule has 1 aliphatic heterocycles. The number of aromatic carboxylic acids is 1. The summed E-state index contributed by atoms with van der Waals surface area (Å²) in [5, 5.41) is 19.6. The van der Waals surface area contributed by atoms with Crippen molar-refractivity contribution in [2.45, 2.75) is 25.5 Å². The number of hydrogen-bond acceptors (Lipinski definition) is 3. The first kappa shape index (κ1) is 16.7. The Morgan fingerprint density at radius 3 is 2.46 bits per heavy atom. The lowest BCUT2D eigenvalue weighted by atomic mass is 9.87. The fraction of sp³-hybridized carbons (Fsp3) is 0.350. The summed E-state index contributed by atoms with van der Waals surface area (Å²) in [6, 6.07) is 17.0. The number of rotatable bonds is 5. The Balaban J connectivity index is 1.55. The number of likely N-dealkylation sites (tertiary alicyclic amines) is 1. The Morgan fingerprint density at radius 2 is 1.79 bits per heavy atom. The molecule has 4 heteroatoms. The maximum atomic E-state index is 11.1. The van der Waals surface area contributed by atoms with Gasteiger partial charge < -0.3 is 10.2 Å². The van der Waals surface area contributed by atoms with Crippen molar-refractivity contribution in [3.8, 4) is 0 Å². The van der Waals surface area contributed by atoms with Gasteiger partial charge in [-0.2, -0.15) is 0 Å². The molecule has 2 aromatic carbocycles. The number of hydrogen-bond donors (Lipinski definition) is 2. The maximum Gasteiger partial charge on any atom is 0.335 e. The number of aliphatic hydroxyl groups is 1. The number of carbonyl (C=O) groups is 1. The minimum Gasteiger partial charge on any atom is -0.478 e. The number of carboxylic acids is 1. The molecule has 1 aliphatic rings. The summed E-state index contributed by atoms with van der Waals surface area (Å²) in [5.41, 5.74) is 2.35. The normalized spacial score (nSPS) is 17.5. The van der Waals surface area contributed by atoms with Crippen molar-refractivity contribution in [2.24, 2.45) is 5.92 Å². The lowest BCUT2D eigenvalue weighted by Gasteiger charge is -2.34. The highest BCUT2D eigenvalue weighted by molar-refractivity contribution is 5.87. The van der Waals surface area contributed by atoms with Crippen molar-refractivity contribution in [1.29, 1.82) is 0 Å². The predicted molar refractivity (Wildman–Crippen MR) is 92.8 cm³/mol. The molecule has 0 amide bonds. The number of piperidine rings is 1. The van der Waals surface area contributed by atoms with Gasteiger partial charge in [0.15, 0.2) is 0 Å². The second-order valence-corrected chi connectivity index (χ2v) is 6.47. The Kier molecular flexibility index (Phi) is 5.28. The summed E-state index contributed by atoms with van der Waals surface area (Å²) >= 11 is 0. The van der Waals surface area contributed by atoms with Gasteiger partial charge in [-0.1, -0.05) is 42.5 Å². The van der Waals surface area contributed by atoms with Crippen LogP contribution >= 0.6 is 0 Å². The van der Waals surface area contributed by atoms with E-state index < -0.39 is 12.1 Å². The van der Waals surface area contributed by atoms with Crippen molar-refractivity contribution >= 4 is 5.97 Å². The summed E-state index contributed by atoms with van der Waals surface area (Å²) in [6.07, 6.45) is 1.51. The molecule has 0 aromatic heterocycles. The van der Waals surface area contributed by atoms with E-state index in [2.05, 4.69) is 4.90 Å². The van der Waals surface area contributed by atoms with E-state index in [1.54, 1.807) is 18.2 Å². The summed E-state index contributed by atoms with van der Waals surface area (Å²) in [7, 11) is 0. The van der Waals surface area contributed by atoms with Gasteiger partial charge >= 0.3 is 5.97 Å². The molecule has 1 saturated heterocycles. The standard InChI is InChI=1S/C20H23NO3/c22-19(16-6-2-1-3-7-16)17-9-11-21(12-10-17)14-15-5-4-8-18(13-15)20(23)24/h1-8,13,17,19,22H,9-12,14H2,(H,23,24). The van der Waals surface area contributed by atoms with Gasteiger partial charge in [0.25, 0.3) is 0 Å². The molecule has 24 heavy (non-hydrogen) atoms. The van der Waals surface area contributed by atoms with E-state index in [9.17, 15) is 9.90 Å². The third kappa shape index (κ3) is 4.02. The molecule has 3 rings (SSSR count). The molecular weight excluding hydrogens is 302 g/mol. The first-order valence-corrected chi connectivity index (χ1v) is 8.41. The fourth-order valence-corrected chi connectivity index (χ4v) is 3.41. The van der Waals surface area contributed by atoms with E-state index in [1.165, 1.54) is 0 Å². The highest BCUT2D eigenvalue weighted by atomic mass is 16.4. The SMILES string of the molecule is O=C(O)c1cccc(CN2CCC(C(O)c3ccccc3)CC2)c1. The minimum absolute atomic E-state index is 0.286. The van der Waals surface area contributed by atoms with Crippen LogP contribution in [0.1, 0.15) is 40.4 Å². The fourth-order valence-electron chi connectivity index (χ4n) is 3.41. The number of carboxylic acid groups (broad SMARTS) is 1. The van der Waals surface area contributed by atoms with Crippen molar-refractivity contribution in [3.05, 3.63) is 71.3 Å². The molecule has 2 N–H and O–H groups in total. The first-order chi connectivity index (χ1) is 11.6. The van der Waals surface area contributed by atoms with Crippen molar-refractivity contribution < 1.29 is 15.0 Å².